The van der Waals surface area contributed by atoms with Crippen LogP contribution in [0.5, 0.6) is 11.5 Å². The molecule has 1 aliphatic rings. The summed E-state index contributed by atoms with van der Waals surface area (Å²) in [6.07, 6.45) is 0. The largest absolute Gasteiger partial charge is 0.456 e. The Morgan fingerprint density at radius 1 is 0.457 bits per heavy atom. The fourth-order valence-corrected chi connectivity index (χ4v) is 6.52. The molecular weight excluding hydrogens is 562 g/mol. The van der Waals surface area contributed by atoms with Gasteiger partial charge in [0.1, 0.15) is 11.5 Å². The van der Waals surface area contributed by atoms with Crippen molar-refractivity contribution in [2.45, 2.75) is 0 Å². The van der Waals surface area contributed by atoms with Gasteiger partial charge >= 0.3 is 0 Å². The molecule has 2 aromatic heterocycles. The first kappa shape index (κ1) is 26.2. The molecular formula is C42H27N3O. The van der Waals surface area contributed by atoms with Crippen LogP contribution >= 0.6 is 0 Å². The lowest BCUT2D eigenvalue weighted by Gasteiger charge is -2.14. The molecule has 1 aliphatic heterocycles. The molecule has 0 saturated heterocycles. The summed E-state index contributed by atoms with van der Waals surface area (Å²) in [5.74, 6) is 2.39. The van der Waals surface area contributed by atoms with Crippen LogP contribution in [0.4, 0.5) is 0 Å². The zero-order chi connectivity index (χ0) is 30.5. The van der Waals surface area contributed by atoms with Crippen LogP contribution in [0.3, 0.4) is 0 Å². The third-order valence-corrected chi connectivity index (χ3v) is 8.64. The molecule has 0 bridgehead atoms. The van der Waals surface area contributed by atoms with E-state index in [1.54, 1.807) is 0 Å². The Morgan fingerprint density at radius 3 is 1.67 bits per heavy atom. The summed E-state index contributed by atoms with van der Waals surface area (Å²) >= 11 is 0. The molecule has 4 heteroatoms. The van der Waals surface area contributed by atoms with E-state index in [4.69, 9.17) is 14.7 Å². The molecule has 0 radical (unpaired) electrons. The first-order valence-corrected chi connectivity index (χ1v) is 15.4. The Balaban J connectivity index is 1.24. The monoisotopic (exact) mass is 589 g/mol. The summed E-state index contributed by atoms with van der Waals surface area (Å²) in [4.78, 5) is 10.1. The van der Waals surface area contributed by atoms with Crippen molar-refractivity contribution >= 4 is 10.9 Å². The number of para-hydroxylation sites is 3. The predicted molar refractivity (Wildman–Crippen MR) is 186 cm³/mol. The molecule has 0 fully saturated rings. The van der Waals surface area contributed by atoms with E-state index in [0.29, 0.717) is 5.82 Å². The number of nitrogens with zero attached hydrogens (tertiary/aromatic N) is 3. The summed E-state index contributed by atoms with van der Waals surface area (Å²) < 4.78 is 8.88. The van der Waals surface area contributed by atoms with Gasteiger partial charge in [-0.3, -0.25) is 0 Å². The van der Waals surface area contributed by atoms with Crippen LogP contribution in [-0.2, 0) is 0 Å². The van der Waals surface area contributed by atoms with Crippen LogP contribution in [0.2, 0.25) is 0 Å². The summed E-state index contributed by atoms with van der Waals surface area (Å²) in [5.41, 5.74) is 11.5. The molecule has 9 rings (SSSR count). The van der Waals surface area contributed by atoms with Crippen LogP contribution in [0.1, 0.15) is 0 Å². The second kappa shape index (κ2) is 10.7. The highest BCUT2D eigenvalue weighted by molar-refractivity contribution is 6.08. The lowest BCUT2D eigenvalue weighted by molar-refractivity contribution is 0.487. The van der Waals surface area contributed by atoms with Gasteiger partial charge in [0, 0.05) is 44.5 Å². The summed E-state index contributed by atoms with van der Waals surface area (Å²) in [6.45, 7) is 0. The minimum atomic E-state index is 0.690. The van der Waals surface area contributed by atoms with E-state index < -0.39 is 0 Å². The van der Waals surface area contributed by atoms with Crippen molar-refractivity contribution in [1.82, 2.24) is 14.5 Å². The number of hydrogen-bond acceptors (Lipinski definition) is 3. The first-order chi connectivity index (χ1) is 22.8. The number of fused-ring (bicyclic) bond motifs is 7. The van der Waals surface area contributed by atoms with Crippen LogP contribution in [0.25, 0.3) is 72.9 Å². The Labute approximate surface area is 266 Å². The molecule has 0 amide bonds. The van der Waals surface area contributed by atoms with Crippen LogP contribution in [0, 0.1) is 0 Å². The lowest BCUT2D eigenvalue weighted by atomic mass is 9.98. The fraction of sp³-hybridized carbons (Fsp3) is 0. The van der Waals surface area contributed by atoms with Gasteiger partial charge < -0.3 is 9.30 Å². The Kier molecular flexibility index (Phi) is 6.10. The molecule has 0 spiro atoms. The molecule has 8 aromatic rings. The normalized spacial score (nSPS) is 11.7. The Morgan fingerprint density at radius 2 is 1.00 bits per heavy atom. The van der Waals surface area contributed by atoms with Crippen molar-refractivity contribution in [3.63, 3.8) is 0 Å². The predicted octanol–water partition coefficient (Wildman–Crippen LogP) is 10.9. The van der Waals surface area contributed by atoms with Crippen LogP contribution in [0.15, 0.2) is 164 Å². The van der Waals surface area contributed by atoms with Gasteiger partial charge in [0.2, 0.25) is 0 Å². The maximum absolute atomic E-state index is 6.53. The highest BCUT2D eigenvalue weighted by atomic mass is 16.5. The van der Waals surface area contributed by atoms with Gasteiger partial charge in [0.05, 0.1) is 22.6 Å². The second-order valence-electron chi connectivity index (χ2n) is 11.4. The molecule has 0 unspecified atom stereocenters. The van der Waals surface area contributed by atoms with Crippen molar-refractivity contribution in [2.75, 3.05) is 0 Å². The number of ether oxygens (including phenoxy) is 1. The van der Waals surface area contributed by atoms with E-state index in [1.807, 2.05) is 54.6 Å². The van der Waals surface area contributed by atoms with E-state index >= 15 is 0 Å². The smallest absolute Gasteiger partial charge is 0.160 e. The quantitative estimate of drug-likeness (QED) is 0.205. The Bertz CT molecular complexity index is 2320. The highest BCUT2D eigenvalue weighted by Gasteiger charge is 2.28. The van der Waals surface area contributed by atoms with Crippen molar-refractivity contribution < 1.29 is 4.74 Å². The fourth-order valence-electron chi connectivity index (χ4n) is 6.52. The minimum Gasteiger partial charge on any atom is -0.456 e. The molecule has 0 saturated carbocycles. The molecule has 46 heavy (non-hydrogen) atoms. The van der Waals surface area contributed by atoms with Gasteiger partial charge in [-0.1, -0.05) is 109 Å². The molecule has 0 aliphatic carbocycles. The highest BCUT2D eigenvalue weighted by Crippen LogP contribution is 2.51. The zero-order valence-electron chi connectivity index (χ0n) is 24.8. The van der Waals surface area contributed by atoms with Crippen molar-refractivity contribution in [1.29, 1.82) is 0 Å². The van der Waals surface area contributed by atoms with Gasteiger partial charge in [-0.15, -0.1) is 0 Å². The minimum absolute atomic E-state index is 0.690. The lowest BCUT2D eigenvalue weighted by Crippen LogP contribution is -1.99. The van der Waals surface area contributed by atoms with Gasteiger partial charge in [0.25, 0.3) is 0 Å². The standard InChI is InChI=1S/C42H27N3O/c1-3-13-28(14-4-1)35-27-36(29-15-5-2-6-16-29)44-42(43-35)30-23-25-31(26-24-30)45-37-20-10-7-17-32(37)40-33-18-8-11-21-38(33)46-39-22-12-9-19-34(39)41(40)45/h1-27H. The third-order valence-electron chi connectivity index (χ3n) is 8.64. The van der Waals surface area contributed by atoms with E-state index in [9.17, 15) is 0 Å². The Hall–Kier alpha value is -6.26. The van der Waals surface area contributed by atoms with Crippen molar-refractivity contribution in [2.24, 2.45) is 0 Å². The molecule has 216 valence electrons. The third kappa shape index (κ3) is 4.31. The summed E-state index contributed by atoms with van der Waals surface area (Å²) in [7, 11) is 0. The van der Waals surface area contributed by atoms with Gasteiger partial charge in [0.15, 0.2) is 5.82 Å². The molecule has 3 heterocycles. The van der Waals surface area contributed by atoms with E-state index in [2.05, 4.69) is 114 Å². The van der Waals surface area contributed by atoms with Crippen LogP contribution in [-0.4, -0.2) is 14.5 Å². The van der Waals surface area contributed by atoms with Crippen molar-refractivity contribution in [3.8, 4) is 73.5 Å². The molecule has 0 atom stereocenters. The number of hydrogen-bond donors (Lipinski definition) is 0. The van der Waals surface area contributed by atoms with E-state index in [1.165, 1.54) is 10.9 Å². The maximum Gasteiger partial charge on any atom is 0.160 e. The molecule has 6 aromatic carbocycles. The van der Waals surface area contributed by atoms with Crippen molar-refractivity contribution in [3.05, 3.63) is 164 Å². The van der Waals surface area contributed by atoms with Gasteiger partial charge in [-0.2, -0.15) is 0 Å². The average molecular weight is 590 g/mol. The van der Waals surface area contributed by atoms with Crippen LogP contribution < -0.4 is 4.74 Å². The first-order valence-electron chi connectivity index (χ1n) is 15.4. The van der Waals surface area contributed by atoms with E-state index in [-0.39, 0.29) is 0 Å². The van der Waals surface area contributed by atoms with Gasteiger partial charge in [-0.05, 0) is 54.6 Å². The molecule has 0 N–H and O–H groups in total. The zero-order valence-corrected chi connectivity index (χ0v) is 24.8. The number of benzene rings is 6. The SMILES string of the molecule is c1ccc(-c2cc(-c3ccccc3)nc(-c3ccc(-n4c5c(c6ccccc64)-c4ccccc4Oc4ccccc4-5)cc3)n2)cc1. The van der Waals surface area contributed by atoms with Gasteiger partial charge in [-0.25, -0.2) is 9.97 Å². The summed E-state index contributed by atoms with van der Waals surface area (Å²) in [6, 6.07) is 56.5. The van der Waals surface area contributed by atoms with E-state index in [0.717, 1.165) is 67.6 Å². The average Bonchev–Trinajstić information content (AvgIpc) is 3.40. The topological polar surface area (TPSA) is 39.9 Å². The second-order valence-corrected chi connectivity index (χ2v) is 11.4. The maximum atomic E-state index is 6.53. The number of aromatic nitrogens is 3. The summed E-state index contributed by atoms with van der Waals surface area (Å²) in [5, 5.41) is 1.18. The molecule has 4 nitrogen and oxygen atoms in total. The number of rotatable bonds is 4.